The van der Waals surface area contributed by atoms with Crippen molar-refractivity contribution in [1.82, 2.24) is 15.2 Å². The third-order valence-electron chi connectivity index (χ3n) is 5.61. The van der Waals surface area contributed by atoms with Gasteiger partial charge in [-0.25, -0.2) is 4.98 Å². The number of nitrogens with one attached hydrogen (secondary N) is 1. The highest BCUT2D eigenvalue weighted by molar-refractivity contribution is 5.72. The molecule has 0 bridgehead atoms. The van der Waals surface area contributed by atoms with Gasteiger partial charge >= 0.3 is 12.4 Å². The minimum Gasteiger partial charge on any atom is -0.396 e. The molecule has 2 heterocycles. The lowest BCUT2D eigenvalue weighted by Crippen LogP contribution is -2.33. The van der Waals surface area contributed by atoms with Crippen LogP contribution in [-0.4, -0.2) is 60.5 Å². The Kier molecular flexibility index (Phi) is 7.09. The van der Waals surface area contributed by atoms with Crippen LogP contribution in [0.3, 0.4) is 0 Å². The molecule has 4 nitrogen and oxygen atoms in total. The summed E-state index contributed by atoms with van der Waals surface area (Å²) in [6.45, 7) is 3.07. The van der Waals surface area contributed by atoms with Crippen LogP contribution in [0.15, 0.2) is 12.1 Å². The molecule has 30 heavy (non-hydrogen) atoms. The maximum atomic E-state index is 13.4. The summed E-state index contributed by atoms with van der Waals surface area (Å²) < 4.78 is 80.3. The molecule has 1 saturated heterocycles. The molecule has 1 aliphatic heterocycles. The zero-order chi connectivity index (χ0) is 21.9. The molecule has 168 valence electrons. The molecular weight excluding hydrogens is 412 g/mol. The summed E-state index contributed by atoms with van der Waals surface area (Å²) in [6, 6.07) is 0.793. The van der Waals surface area contributed by atoms with E-state index < -0.39 is 41.8 Å². The summed E-state index contributed by atoms with van der Waals surface area (Å²) in [6.07, 6.45) is -6.31. The quantitative estimate of drug-likeness (QED) is 0.504. The number of aliphatic hydroxyl groups excluding tert-OH is 1. The number of alkyl halides is 6. The zero-order valence-electron chi connectivity index (χ0n) is 16.4. The van der Waals surface area contributed by atoms with Gasteiger partial charge in [0.1, 0.15) is 5.69 Å². The first kappa shape index (κ1) is 23.0. The number of pyridine rings is 1. The molecule has 1 aromatic heterocycles. The van der Waals surface area contributed by atoms with Crippen LogP contribution in [0.1, 0.15) is 47.7 Å². The van der Waals surface area contributed by atoms with Crippen LogP contribution in [-0.2, 0) is 12.6 Å². The van der Waals surface area contributed by atoms with Gasteiger partial charge in [0, 0.05) is 25.6 Å². The van der Waals surface area contributed by atoms with Crippen molar-refractivity contribution in [3.8, 4) is 0 Å². The molecular formula is C20H25F6N3O. The van der Waals surface area contributed by atoms with Gasteiger partial charge in [0.15, 0.2) is 0 Å². The van der Waals surface area contributed by atoms with Crippen LogP contribution >= 0.6 is 0 Å². The highest BCUT2D eigenvalue weighted by atomic mass is 19.4. The van der Waals surface area contributed by atoms with Gasteiger partial charge < -0.3 is 15.3 Å². The molecule has 1 unspecified atom stereocenters. The molecule has 3 rings (SSSR count). The summed E-state index contributed by atoms with van der Waals surface area (Å²) in [5.41, 5.74) is -2.97. The molecule has 1 aliphatic carbocycles. The van der Waals surface area contributed by atoms with Gasteiger partial charge in [-0.2, -0.15) is 26.3 Å². The maximum absolute atomic E-state index is 13.4. The summed E-state index contributed by atoms with van der Waals surface area (Å²) in [5, 5.41) is 13.0. The van der Waals surface area contributed by atoms with Crippen LogP contribution in [0.2, 0.25) is 0 Å². The van der Waals surface area contributed by atoms with E-state index in [2.05, 4.69) is 15.2 Å². The van der Waals surface area contributed by atoms with Crippen molar-refractivity contribution in [1.29, 1.82) is 0 Å². The largest absolute Gasteiger partial charge is 0.433 e. The second-order valence-corrected chi connectivity index (χ2v) is 7.71. The standard InChI is InChI=1S/C20H25F6N3O/c21-19(22,23)16-5-3-4-14-15(10-17(20(24,25)26)28-18(14)16)13(12-30)11-27-6-9-29-7-1-2-8-29/h5,10,13,27,30H,1-4,6-9,11-12H2. The highest BCUT2D eigenvalue weighted by Crippen LogP contribution is 2.42. The molecule has 0 spiro atoms. The minimum atomic E-state index is -4.89. The second kappa shape index (κ2) is 9.23. The summed E-state index contributed by atoms with van der Waals surface area (Å²) in [4.78, 5) is 5.60. The molecule has 2 aliphatic rings. The van der Waals surface area contributed by atoms with Crippen LogP contribution in [0.5, 0.6) is 0 Å². The number of hydrogen-bond donors (Lipinski definition) is 2. The van der Waals surface area contributed by atoms with Gasteiger partial charge in [0.05, 0.1) is 17.9 Å². The summed E-state index contributed by atoms with van der Waals surface area (Å²) in [5.74, 6) is -0.756. The zero-order valence-corrected chi connectivity index (χ0v) is 16.4. The lowest BCUT2D eigenvalue weighted by molar-refractivity contribution is -0.141. The van der Waals surface area contributed by atoms with Gasteiger partial charge in [-0.3, -0.25) is 0 Å². The fourth-order valence-electron chi connectivity index (χ4n) is 4.09. The molecule has 0 amide bonds. The van der Waals surface area contributed by atoms with E-state index in [1.165, 1.54) is 0 Å². The Morgan fingerprint density at radius 2 is 1.80 bits per heavy atom. The Morgan fingerprint density at radius 1 is 1.10 bits per heavy atom. The van der Waals surface area contributed by atoms with Crippen molar-refractivity contribution in [2.75, 3.05) is 39.3 Å². The highest BCUT2D eigenvalue weighted by Gasteiger charge is 2.41. The smallest absolute Gasteiger partial charge is 0.396 e. The van der Waals surface area contributed by atoms with Crippen LogP contribution in [0.25, 0.3) is 5.57 Å². The Hall–Kier alpha value is -1.65. The van der Waals surface area contributed by atoms with E-state index in [0.717, 1.165) is 44.6 Å². The lowest BCUT2D eigenvalue weighted by atomic mass is 9.85. The van der Waals surface area contributed by atoms with Crippen LogP contribution in [0, 0.1) is 0 Å². The van der Waals surface area contributed by atoms with E-state index in [4.69, 9.17) is 0 Å². The van der Waals surface area contributed by atoms with Gasteiger partial charge in [0.2, 0.25) is 0 Å². The molecule has 10 heteroatoms. The summed E-state index contributed by atoms with van der Waals surface area (Å²) >= 11 is 0. The van der Waals surface area contributed by atoms with E-state index in [1.807, 2.05) is 0 Å². The molecule has 0 radical (unpaired) electrons. The third kappa shape index (κ3) is 5.33. The van der Waals surface area contributed by atoms with Crippen molar-refractivity contribution in [3.63, 3.8) is 0 Å². The molecule has 2 N–H and O–H groups in total. The first-order valence-corrected chi connectivity index (χ1v) is 10.0. The number of rotatable bonds is 7. The maximum Gasteiger partial charge on any atom is 0.433 e. The van der Waals surface area contributed by atoms with Gasteiger partial charge in [0.25, 0.3) is 0 Å². The monoisotopic (exact) mass is 437 g/mol. The molecule has 0 saturated carbocycles. The first-order chi connectivity index (χ1) is 14.1. The van der Waals surface area contributed by atoms with E-state index in [-0.39, 0.29) is 30.5 Å². The number of likely N-dealkylation sites (tertiary alicyclic amines) is 1. The van der Waals surface area contributed by atoms with E-state index in [0.29, 0.717) is 6.54 Å². The van der Waals surface area contributed by atoms with Crippen molar-refractivity contribution in [2.45, 2.75) is 44.0 Å². The molecule has 1 atom stereocenters. The average Bonchev–Trinajstić information content (AvgIpc) is 3.19. The predicted molar refractivity (Wildman–Crippen MR) is 100.0 cm³/mol. The number of hydrogen-bond acceptors (Lipinski definition) is 4. The van der Waals surface area contributed by atoms with E-state index in [1.54, 1.807) is 0 Å². The number of aromatic nitrogens is 1. The third-order valence-corrected chi connectivity index (χ3v) is 5.61. The number of aliphatic hydroxyl groups is 1. The fraction of sp³-hybridized carbons (Fsp3) is 0.650. The number of fused-ring (bicyclic) bond motifs is 1. The van der Waals surface area contributed by atoms with Gasteiger partial charge in [-0.15, -0.1) is 0 Å². The fourth-order valence-corrected chi connectivity index (χ4v) is 4.09. The predicted octanol–water partition coefficient (Wildman–Crippen LogP) is 3.75. The lowest BCUT2D eigenvalue weighted by Gasteiger charge is -2.27. The number of halogens is 6. The van der Waals surface area contributed by atoms with E-state index >= 15 is 0 Å². The summed E-state index contributed by atoms with van der Waals surface area (Å²) in [7, 11) is 0. The normalized spacial score (nSPS) is 19.0. The Labute approximate surface area is 171 Å². The van der Waals surface area contributed by atoms with Gasteiger partial charge in [-0.1, -0.05) is 6.08 Å². The Bertz CT molecular complexity index is 769. The first-order valence-electron chi connectivity index (χ1n) is 10.0. The minimum absolute atomic E-state index is 0.0580. The topological polar surface area (TPSA) is 48.4 Å². The van der Waals surface area contributed by atoms with Gasteiger partial charge in [-0.05, 0) is 56.0 Å². The van der Waals surface area contributed by atoms with Crippen molar-refractivity contribution < 1.29 is 31.4 Å². The second-order valence-electron chi connectivity index (χ2n) is 7.71. The Morgan fingerprint density at radius 3 is 2.40 bits per heavy atom. The molecule has 1 aromatic rings. The SMILES string of the molecule is OCC(CNCCN1CCCC1)c1cc(C(F)(F)F)nc2c1CCC=C2C(F)(F)F. The average molecular weight is 437 g/mol. The van der Waals surface area contributed by atoms with E-state index in [9.17, 15) is 31.4 Å². The molecule has 1 fully saturated rings. The van der Waals surface area contributed by atoms with Crippen LogP contribution in [0.4, 0.5) is 26.3 Å². The number of nitrogens with zero attached hydrogens (tertiary/aromatic N) is 2. The number of allylic oxidation sites excluding steroid dienone is 2. The van der Waals surface area contributed by atoms with Crippen molar-refractivity contribution >= 4 is 5.57 Å². The van der Waals surface area contributed by atoms with Crippen molar-refractivity contribution in [2.24, 2.45) is 0 Å². The van der Waals surface area contributed by atoms with Crippen molar-refractivity contribution in [3.05, 3.63) is 34.7 Å². The van der Waals surface area contributed by atoms with Crippen LogP contribution < -0.4 is 5.32 Å². The Balaban J connectivity index is 1.87. The molecule has 0 aromatic carbocycles.